The minimum absolute atomic E-state index is 0.108. The van der Waals surface area contributed by atoms with Crippen molar-refractivity contribution in [3.63, 3.8) is 0 Å². The van der Waals surface area contributed by atoms with E-state index in [1.807, 2.05) is 13.8 Å². The van der Waals surface area contributed by atoms with Crippen LogP contribution < -0.4 is 0 Å². The molecular formula is C12H22O3. The number of hydrogen-bond donors (Lipinski definition) is 2. The molecule has 1 saturated carbocycles. The molecule has 3 heteroatoms. The molecule has 0 amide bonds. The lowest BCUT2D eigenvalue weighted by Crippen LogP contribution is -2.48. The summed E-state index contributed by atoms with van der Waals surface area (Å²) >= 11 is 0. The molecule has 0 spiro atoms. The lowest BCUT2D eigenvalue weighted by atomic mass is 9.60. The number of aliphatic hydroxyl groups excluding tert-OH is 1. The molecule has 1 rings (SSSR count). The van der Waals surface area contributed by atoms with Gasteiger partial charge in [0.15, 0.2) is 0 Å². The summed E-state index contributed by atoms with van der Waals surface area (Å²) < 4.78 is 0. The zero-order valence-electron chi connectivity index (χ0n) is 9.86. The van der Waals surface area contributed by atoms with E-state index in [9.17, 15) is 15.0 Å². The predicted molar refractivity (Wildman–Crippen MR) is 58.5 cm³/mol. The van der Waals surface area contributed by atoms with Crippen molar-refractivity contribution in [1.29, 1.82) is 0 Å². The summed E-state index contributed by atoms with van der Waals surface area (Å²) in [5.41, 5.74) is -0.897. The molecule has 1 fully saturated rings. The maximum absolute atomic E-state index is 11.4. The van der Waals surface area contributed by atoms with Gasteiger partial charge in [0.1, 0.15) is 0 Å². The second kappa shape index (κ2) is 4.52. The van der Waals surface area contributed by atoms with Crippen molar-refractivity contribution in [1.82, 2.24) is 0 Å². The molecule has 0 saturated heterocycles. The van der Waals surface area contributed by atoms with Crippen LogP contribution in [0.1, 0.15) is 40.0 Å². The first-order valence-electron chi connectivity index (χ1n) is 5.78. The zero-order valence-corrected chi connectivity index (χ0v) is 9.86. The van der Waals surface area contributed by atoms with Gasteiger partial charge >= 0.3 is 5.97 Å². The van der Waals surface area contributed by atoms with Crippen LogP contribution in [-0.4, -0.2) is 22.8 Å². The Balaban J connectivity index is 2.99. The highest BCUT2D eigenvalue weighted by Gasteiger charge is 2.49. The molecule has 1 unspecified atom stereocenters. The van der Waals surface area contributed by atoms with E-state index in [0.29, 0.717) is 18.3 Å². The molecule has 0 aromatic carbocycles. The molecular weight excluding hydrogens is 192 g/mol. The van der Waals surface area contributed by atoms with E-state index in [-0.39, 0.29) is 12.5 Å². The van der Waals surface area contributed by atoms with Crippen LogP contribution >= 0.6 is 0 Å². The molecule has 0 aromatic heterocycles. The Morgan fingerprint density at radius 2 is 2.07 bits per heavy atom. The van der Waals surface area contributed by atoms with Gasteiger partial charge in [-0.2, -0.15) is 0 Å². The monoisotopic (exact) mass is 214 g/mol. The van der Waals surface area contributed by atoms with Crippen LogP contribution in [0.3, 0.4) is 0 Å². The topological polar surface area (TPSA) is 57.5 Å². The summed E-state index contributed by atoms with van der Waals surface area (Å²) in [4.78, 5) is 11.4. The average Bonchev–Trinajstić information content (AvgIpc) is 2.16. The number of aliphatic hydroxyl groups is 1. The Labute approximate surface area is 91.5 Å². The Hall–Kier alpha value is -0.570. The van der Waals surface area contributed by atoms with Crippen molar-refractivity contribution >= 4 is 5.97 Å². The Morgan fingerprint density at radius 3 is 2.47 bits per heavy atom. The Morgan fingerprint density at radius 1 is 1.47 bits per heavy atom. The first-order chi connectivity index (χ1) is 6.94. The standard InChI is InChI=1S/C12H22O3/c1-8(2)10-5-4-9(3)6-12(10,7-13)11(14)15/h8-10,13H,4-7H2,1-3H3,(H,14,15)/t9-,10+,12?/m1/s1. The highest BCUT2D eigenvalue weighted by atomic mass is 16.4. The number of aliphatic carboxylic acids is 1. The maximum Gasteiger partial charge on any atom is 0.312 e. The van der Waals surface area contributed by atoms with Crippen LogP contribution in [0, 0.1) is 23.2 Å². The number of hydrogen-bond acceptors (Lipinski definition) is 2. The fourth-order valence-electron chi connectivity index (χ4n) is 3.08. The fourth-order valence-corrected chi connectivity index (χ4v) is 3.08. The largest absolute Gasteiger partial charge is 0.481 e. The molecule has 0 bridgehead atoms. The van der Waals surface area contributed by atoms with Gasteiger partial charge in [0.05, 0.1) is 12.0 Å². The van der Waals surface area contributed by atoms with E-state index in [1.165, 1.54) is 0 Å². The molecule has 2 N–H and O–H groups in total. The quantitative estimate of drug-likeness (QED) is 0.756. The van der Waals surface area contributed by atoms with Crippen molar-refractivity contribution in [3.8, 4) is 0 Å². The van der Waals surface area contributed by atoms with Crippen LogP contribution in [0.2, 0.25) is 0 Å². The Bertz CT molecular complexity index is 237. The minimum atomic E-state index is -0.897. The smallest absolute Gasteiger partial charge is 0.312 e. The van der Waals surface area contributed by atoms with Gasteiger partial charge in [-0.15, -0.1) is 0 Å². The first kappa shape index (κ1) is 12.5. The van der Waals surface area contributed by atoms with E-state index < -0.39 is 11.4 Å². The maximum atomic E-state index is 11.4. The summed E-state index contributed by atoms with van der Waals surface area (Å²) in [6.07, 6.45) is 2.62. The predicted octanol–water partition coefficient (Wildman–Crippen LogP) is 2.14. The second-order valence-corrected chi connectivity index (χ2v) is 5.36. The van der Waals surface area contributed by atoms with E-state index in [0.717, 1.165) is 12.8 Å². The van der Waals surface area contributed by atoms with Crippen LogP contribution in [0.15, 0.2) is 0 Å². The normalized spacial score (nSPS) is 36.9. The fraction of sp³-hybridized carbons (Fsp3) is 0.917. The zero-order chi connectivity index (χ0) is 11.6. The molecule has 1 aliphatic carbocycles. The van der Waals surface area contributed by atoms with Gasteiger partial charge in [0, 0.05) is 0 Å². The molecule has 3 nitrogen and oxygen atoms in total. The summed E-state index contributed by atoms with van der Waals surface area (Å²) in [7, 11) is 0. The van der Waals surface area contributed by atoms with Gasteiger partial charge in [-0.1, -0.05) is 27.2 Å². The molecule has 1 aliphatic rings. The molecule has 15 heavy (non-hydrogen) atoms. The highest BCUT2D eigenvalue weighted by molar-refractivity contribution is 5.75. The summed E-state index contributed by atoms with van der Waals surface area (Å²) in [6.45, 7) is 5.95. The van der Waals surface area contributed by atoms with E-state index in [4.69, 9.17) is 0 Å². The number of carboxylic acids is 1. The van der Waals surface area contributed by atoms with Crippen LogP contribution in [0.5, 0.6) is 0 Å². The highest BCUT2D eigenvalue weighted by Crippen LogP contribution is 2.47. The first-order valence-corrected chi connectivity index (χ1v) is 5.78. The molecule has 0 radical (unpaired) electrons. The van der Waals surface area contributed by atoms with E-state index >= 15 is 0 Å². The van der Waals surface area contributed by atoms with Crippen LogP contribution in [0.4, 0.5) is 0 Å². The van der Waals surface area contributed by atoms with Crippen molar-refractivity contribution < 1.29 is 15.0 Å². The SMILES string of the molecule is CC(C)[C@@H]1CC[C@@H](C)CC1(CO)C(=O)O. The third kappa shape index (κ3) is 2.17. The van der Waals surface area contributed by atoms with E-state index in [1.54, 1.807) is 0 Å². The lowest BCUT2D eigenvalue weighted by molar-refractivity contribution is -0.162. The van der Waals surface area contributed by atoms with Crippen LogP contribution in [0.25, 0.3) is 0 Å². The van der Waals surface area contributed by atoms with Gasteiger partial charge < -0.3 is 10.2 Å². The molecule has 88 valence electrons. The minimum Gasteiger partial charge on any atom is -0.481 e. The van der Waals surface area contributed by atoms with Gasteiger partial charge in [-0.3, -0.25) is 4.79 Å². The van der Waals surface area contributed by atoms with Gasteiger partial charge in [-0.25, -0.2) is 0 Å². The lowest BCUT2D eigenvalue weighted by Gasteiger charge is -2.44. The third-order valence-corrected chi connectivity index (χ3v) is 3.91. The van der Waals surface area contributed by atoms with E-state index in [2.05, 4.69) is 6.92 Å². The molecule has 3 atom stereocenters. The third-order valence-electron chi connectivity index (χ3n) is 3.91. The van der Waals surface area contributed by atoms with Gasteiger partial charge in [0.25, 0.3) is 0 Å². The van der Waals surface area contributed by atoms with Crippen LogP contribution in [-0.2, 0) is 4.79 Å². The molecule has 0 aliphatic heterocycles. The van der Waals surface area contributed by atoms with Gasteiger partial charge in [0.2, 0.25) is 0 Å². The number of carboxylic acid groups (broad SMARTS) is 1. The Kier molecular flexibility index (Phi) is 3.77. The van der Waals surface area contributed by atoms with Crippen molar-refractivity contribution in [2.45, 2.75) is 40.0 Å². The average molecular weight is 214 g/mol. The molecule has 0 heterocycles. The second-order valence-electron chi connectivity index (χ2n) is 5.36. The van der Waals surface area contributed by atoms with Crippen molar-refractivity contribution in [2.24, 2.45) is 23.2 Å². The van der Waals surface area contributed by atoms with Crippen molar-refractivity contribution in [2.75, 3.05) is 6.61 Å². The number of rotatable bonds is 3. The summed E-state index contributed by atoms with van der Waals surface area (Å²) in [5, 5.41) is 18.8. The van der Waals surface area contributed by atoms with Gasteiger partial charge in [-0.05, 0) is 30.6 Å². The number of carbonyl (C=O) groups is 1. The summed E-state index contributed by atoms with van der Waals surface area (Å²) in [6, 6.07) is 0. The van der Waals surface area contributed by atoms with Crippen molar-refractivity contribution in [3.05, 3.63) is 0 Å². The summed E-state index contributed by atoms with van der Waals surface area (Å²) in [5.74, 6) is 0.00968. The molecule has 0 aromatic rings.